The van der Waals surface area contributed by atoms with E-state index in [1.807, 2.05) is 13.8 Å². The predicted octanol–water partition coefficient (Wildman–Crippen LogP) is 0.545. The van der Waals surface area contributed by atoms with Gasteiger partial charge in [0.25, 0.3) is 0 Å². The highest BCUT2D eigenvalue weighted by atomic mass is 28.2. The van der Waals surface area contributed by atoms with E-state index >= 15 is 0 Å². The standard InChI is InChI=1S/C9H21NO2Si/c1-6-11-9(12-7-2)8(3)13-10(4)5/h9H,3,6-7,13H2,1-2,4-5H3. The van der Waals surface area contributed by atoms with Gasteiger partial charge in [-0.3, -0.25) is 0 Å². The molecule has 0 radical (unpaired) electrons. The van der Waals surface area contributed by atoms with Crippen molar-refractivity contribution in [2.75, 3.05) is 27.3 Å². The van der Waals surface area contributed by atoms with Crippen molar-refractivity contribution in [1.82, 2.24) is 4.57 Å². The van der Waals surface area contributed by atoms with Crippen molar-refractivity contribution >= 4 is 9.68 Å². The van der Waals surface area contributed by atoms with Crippen LogP contribution >= 0.6 is 0 Å². The van der Waals surface area contributed by atoms with Crippen molar-refractivity contribution in [1.29, 1.82) is 0 Å². The van der Waals surface area contributed by atoms with Gasteiger partial charge in [-0.1, -0.05) is 6.58 Å². The fourth-order valence-corrected chi connectivity index (χ4v) is 2.26. The quantitative estimate of drug-likeness (QED) is 0.445. The first-order valence-electron chi connectivity index (χ1n) is 4.67. The first-order valence-corrected chi connectivity index (χ1v) is 6.01. The number of rotatable bonds is 7. The first kappa shape index (κ1) is 12.8. The zero-order chi connectivity index (χ0) is 10.3. The third kappa shape index (κ3) is 5.98. The molecule has 0 aromatic heterocycles. The van der Waals surface area contributed by atoms with Gasteiger partial charge in [0.1, 0.15) is 9.68 Å². The molecule has 0 aromatic carbocycles. The maximum Gasteiger partial charge on any atom is 0.176 e. The van der Waals surface area contributed by atoms with Gasteiger partial charge in [-0.25, -0.2) is 0 Å². The van der Waals surface area contributed by atoms with E-state index in [0.717, 1.165) is 5.20 Å². The molecule has 0 unspecified atom stereocenters. The number of hydrogen-bond donors (Lipinski definition) is 0. The molecule has 0 aliphatic heterocycles. The van der Waals surface area contributed by atoms with Crippen molar-refractivity contribution in [3.05, 3.63) is 11.8 Å². The second-order valence-corrected chi connectivity index (χ2v) is 5.63. The highest BCUT2D eigenvalue weighted by Crippen LogP contribution is 2.05. The monoisotopic (exact) mass is 203 g/mol. The minimum absolute atomic E-state index is 0.191. The summed E-state index contributed by atoms with van der Waals surface area (Å²) in [5.41, 5.74) is 0. The molecular formula is C9H21NO2Si. The van der Waals surface area contributed by atoms with E-state index in [0.29, 0.717) is 13.2 Å². The Bertz CT molecular complexity index is 145. The molecule has 0 aromatic rings. The van der Waals surface area contributed by atoms with E-state index in [4.69, 9.17) is 9.47 Å². The molecule has 0 saturated carbocycles. The second kappa shape index (κ2) is 7.26. The van der Waals surface area contributed by atoms with Crippen LogP contribution in [0.3, 0.4) is 0 Å². The minimum Gasteiger partial charge on any atom is -0.349 e. The van der Waals surface area contributed by atoms with Crippen molar-refractivity contribution in [3.8, 4) is 0 Å². The normalized spacial score (nSPS) is 12.2. The van der Waals surface area contributed by atoms with Crippen LogP contribution in [0.2, 0.25) is 0 Å². The summed E-state index contributed by atoms with van der Waals surface area (Å²) in [6.45, 7) is 9.28. The number of nitrogens with zero attached hydrogens (tertiary/aromatic N) is 1. The largest absolute Gasteiger partial charge is 0.349 e. The molecular weight excluding hydrogens is 182 g/mol. The Kier molecular flexibility index (Phi) is 7.17. The van der Waals surface area contributed by atoms with E-state index in [9.17, 15) is 0 Å². The molecule has 3 nitrogen and oxygen atoms in total. The lowest BCUT2D eigenvalue weighted by Crippen LogP contribution is -2.29. The molecule has 0 aliphatic carbocycles. The summed E-state index contributed by atoms with van der Waals surface area (Å²) in [6, 6.07) is 0. The minimum atomic E-state index is -0.429. The van der Waals surface area contributed by atoms with E-state index < -0.39 is 9.68 Å². The van der Waals surface area contributed by atoms with E-state index in [2.05, 4.69) is 25.2 Å². The molecule has 0 aliphatic rings. The Morgan fingerprint density at radius 2 is 1.77 bits per heavy atom. The van der Waals surface area contributed by atoms with Gasteiger partial charge in [0.2, 0.25) is 0 Å². The lowest BCUT2D eigenvalue weighted by atomic mass is 10.6. The van der Waals surface area contributed by atoms with Gasteiger partial charge in [-0.2, -0.15) is 0 Å². The summed E-state index contributed by atoms with van der Waals surface area (Å²) in [7, 11) is 3.70. The van der Waals surface area contributed by atoms with Gasteiger partial charge < -0.3 is 14.0 Å². The summed E-state index contributed by atoms with van der Waals surface area (Å²) in [4.78, 5) is 0. The zero-order valence-electron chi connectivity index (χ0n) is 9.17. The van der Waals surface area contributed by atoms with Crippen molar-refractivity contribution < 1.29 is 9.47 Å². The Labute approximate surface area is 83.6 Å². The van der Waals surface area contributed by atoms with Gasteiger partial charge in [0, 0.05) is 13.2 Å². The lowest BCUT2D eigenvalue weighted by Gasteiger charge is -2.21. The van der Waals surface area contributed by atoms with Crippen LogP contribution in [0.15, 0.2) is 11.8 Å². The molecule has 0 atom stereocenters. The van der Waals surface area contributed by atoms with Crippen molar-refractivity contribution in [2.45, 2.75) is 20.1 Å². The molecule has 78 valence electrons. The fourth-order valence-electron chi connectivity index (χ4n) is 1.07. The average molecular weight is 203 g/mol. The molecule has 13 heavy (non-hydrogen) atoms. The second-order valence-electron chi connectivity index (χ2n) is 3.14. The van der Waals surface area contributed by atoms with Crippen LogP contribution in [0.5, 0.6) is 0 Å². The predicted molar refractivity (Wildman–Crippen MR) is 58.4 cm³/mol. The molecule has 0 amide bonds. The Morgan fingerprint density at radius 1 is 1.31 bits per heavy atom. The number of hydrogen-bond acceptors (Lipinski definition) is 3. The van der Waals surface area contributed by atoms with Crippen LogP contribution in [0.25, 0.3) is 0 Å². The summed E-state index contributed by atoms with van der Waals surface area (Å²) >= 11 is 0. The maximum atomic E-state index is 5.43. The third-order valence-corrected chi connectivity index (χ3v) is 2.86. The van der Waals surface area contributed by atoms with Gasteiger partial charge in [0.15, 0.2) is 6.29 Å². The van der Waals surface area contributed by atoms with Gasteiger partial charge in [-0.15, -0.1) is 0 Å². The van der Waals surface area contributed by atoms with Crippen LogP contribution < -0.4 is 0 Å². The lowest BCUT2D eigenvalue weighted by molar-refractivity contribution is -0.107. The SMILES string of the molecule is C=C([SiH2]N(C)C)C(OCC)OCC. The van der Waals surface area contributed by atoms with Crippen molar-refractivity contribution in [3.63, 3.8) is 0 Å². The Balaban J connectivity index is 3.95. The molecule has 0 saturated heterocycles. The average Bonchev–Trinajstić information content (AvgIpc) is 2.02. The van der Waals surface area contributed by atoms with E-state index in [-0.39, 0.29) is 6.29 Å². The number of ether oxygens (including phenoxy) is 2. The van der Waals surface area contributed by atoms with Crippen LogP contribution in [0.4, 0.5) is 0 Å². The van der Waals surface area contributed by atoms with Crippen LogP contribution in [0.1, 0.15) is 13.8 Å². The van der Waals surface area contributed by atoms with Gasteiger partial charge in [-0.05, 0) is 33.1 Å². The molecule has 0 rings (SSSR count). The third-order valence-electron chi connectivity index (χ3n) is 1.49. The summed E-state index contributed by atoms with van der Waals surface area (Å²) in [6.07, 6.45) is -0.191. The zero-order valence-corrected chi connectivity index (χ0v) is 10.6. The molecule has 0 bridgehead atoms. The molecule has 0 heterocycles. The molecule has 0 spiro atoms. The smallest absolute Gasteiger partial charge is 0.176 e. The molecule has 4 heteroatoms. The Hall–Kier alpha value is -0.163. The summed E-state index contributed by atoms with van der Waals surface area (Å²) < 4.78 is 13.1. The highest BCUT2D eigenvalue weighted by molar-refractivity contribution is 6.42. The van der Waals surface area contributed by atoms with Crippen LogP contribution in [-0.2, 0) is 9.47 Å². The van der Waals surface area contributed by atoms with Crippen LogP contribution in [0, 0.1) is 0 Å². The summed E-state index contributed by atoms with van der Waals surface area (Å²) in [5, 5.41) is 1.11. The molecule has 0 fully saturated rings. The van der Waals surface area contributed by atoms with Gasteiger partial charge in [0.05, 0.1) is 0 Å². The van der Waals surface area contributed by atoms with Gasteiger partial charge >= 0.3 is 0 Å². The van der Waals surface area contributed by atoms with E-state index in [1.165, 1.54) is 0 Å². The highest BCUT2D eigenvalue weighted by Gasteiger charge is 2.12. The Morgan fingerprint density at radius 3 is 2.08 bits per heavy atom. The topological polar surface area (TPSA) is 21.7 Å². The van der Waals surface area contributed by atoms with Crippen molar-refractivity contribution in [2.24, 2.45) is 0 Å². The van der Waals surface area contributed by atoms with E-state index in [1.54, 1.807) is 0 Å². The molecule has 0 N–H and O–H groups in total. The maximum absolute atomic E-state index is 5.43. The fraction of sp³-hybridized carbons (Fsp3) is 0.778. The van der Waals surface area contributed by atoms with Crippen LogP contribution in [-0.4, -0.2) is 47.8 Å². The first-order chi connectivity index (χ1) is 6.11. The summed E-state index contributed by atoms with van der Waals surface area (Å²) in [5.74, 6) is 0.